The van der Waals surface area contributed by atoms with E-state index < -0.39 is 6.10 Å². The number of nitrogens with zero attached hydrogens (tertiary/aromatic N) is 1. The van der Waals surface area contributed by atoms with E-state index in [0.717, 1.165) is 11.3 Å². The molecule has 0 bridgehead atoms. The van der Waals surface area contributed by atoms with Gasteiger partial charge in [0.25, 0.3) is 0 Å². The highest BCUT2D eigenvalue weighted by molar-refractivity contribution is 5.18. The van der Waals surface area contributed by atoms with Gasteiger partial charge in [0, 0.05) is 18.3 Å². The van der Waals surface area contributed by atoms with Crippen molar-refractivity contribution in [3.05, 3.63) is 29.6 Å². The molecule has 68 valence electrons. The van der Waals surface area contributed by atoms with Crippen molar-refractivity contribution in [1.29, 1.82) is 0 Å². The number of rotatable bonds is 3. The van der Waals surface area contributed by atoms with E-state index in [1.807, 2.05) is 19.1 Å². The molecule has 0 aliphatic rings. The van der Waals surface area contributed by atoms with Crippen molar-refractivity contribution in [3.63, 3.8) is 0 Å². The molecule has 2 nitrogen and oxygen atoms in total. The lowest BCUT2D eigenvalue weighted by atomic mass is 10.1. The number of terminal acetylenes is 1. The van der Waals surface area contributed by atoms with Crippen LogP contribution in [-0.2, 0) is 0 Å². The standard InChI is InChI=1S/C11H13NO/c1-3-4-5-11(13)10-6-7-12-9(2)8-10/h1,6-8,11,13H,4-5H2,2H3. The summed E-state index contributed by atoms with van der Waals surface area (Å²) < 4.78 is 0. The zero-order valence-electron chi connectivity index (χ0n) is 7.70. The fourth-order valence-corrected chi connectivity index (χ4v) is 1.16. The largest absolute Gasteiger partial charge is 0.388 e. The lowest BCUT2D eigenvalue weighted by molar-refractivity contribution is 0.169. The Kier molecular flexibility index (Phi) is 3.48. The van der Waals surface area contributed by atoms with E-state index in [4.69, 9.17) is 6.42 Å². The topological polar surface area (TPSA) is 33.1 Å². The van der Waals surface area contributed by atoms with Gasteiger partial charge in [-0.3, -0.25) is 4.98 Å². The molecule has 1 unspecified atom stereocenters. The number of aliphatic hydroxyl groups is 1. The van der Waals surface area contributed by atoms with Crippen molar-refractivity contribution in [2.45, 2.75) is 25.9 Å². The maximum atomic E-state index is 9.65. The van der Waals surface area contributed by atoms with Crippen molar-refractivity contribution < 1.29 is 5.11 Å². The Morgan fingerprint density at radius 2 is 2.46 bits per heavy atom. The van der Waals surface area contributed by atoms with E-state index in [1.165, 1.54) is 0 Å². The van der Waals surface area contributed by atoms with E-state index >= 15 is 0 Å². The molecule has 0 aliphatic heterocycles. The second-order valence-electron chi connectivity index (χ2n) is 2.99. The Morgan fingerprint density at radius 1 is 1.69 bits per heavy atom. The Balaban J connectivity index is 2.66. The zero-order valence-corrected chi connectivity index (χ0v) is 7.70. The maximum absolute atomic E-state index is 9.65. The Hall–Kier alpha value is -1.33. The summed E-state index contributed by atoms with van der Waals surface area (Å²) in [6, 6.07) is 3.69. The number of pyridine rings is 1. The van der Waals surface area contributed by atoms with E-state index in [1.54, 1.807) is 6.20 Å². The van der Waals surface area contributed by atoms with Crippen LogP contribution in [-0.4, -0.2) is 10.1 Å². The number of hydrogen-bond acceptors (Lipinski definition) is 2. The second-order valence-corrected chi connectivity index (χ2v) is 2.99. The average molecular weight is 175 g/mol. The van der Waals surface area contributed by atoms with Gasteiger partial charge < -0.3 is 5.11 Å². The molecule has 1 aromatic heterocycles. The molecule has 0 amide bonds. The number of aliphatic hydroxyl groups excluding tert-OH is 1. The highest BCUT2D eigenvalue weighted by Gasteiger charge is 2.05. The van der Waals surface area contributed by atoms with Crippen LogP contribution in [0.1, 0.15) is 30.2 Å². The van der Waals surface area contributed by atoms with Crippen molar-refractivity contribution in [2.24, 2.45) is 0 Å². The van der Waals surface area contributed by atoms with Crippen molar-refractivity contribution >= 4 is 0 Å². The van der Waals surface area contributed by atoms with Crippen LogP contribution in [0.5, 0.6) is 0 Å². The molecule has 0 saturated carbocycles. The van der Waals surface area contributed by atoms with Gasteiger partial charge in [-0.2, -0.15) is 0 Å². The molecule has 0 aliphatic carbocycles. The molecule has 1 rings (SSSR count). The highest BCUT2D eigenvalue weighted by atomic mass is 16.3. The van der Waals surface area contributed by atoms with E-state index in [9.17, 15) is 5.11 Å². The summed E-state index contributed by atoms with van der Waals surface area (Å²) in [5, 5.41) is 9.65. The predicted molar refractivity (Wildman–Crippen MR) is 52.0 cm³/mol. The summed E-state index contributed by atoms with van der Waals surface area (Å²) in [7, 11) is 0. The summed E-state index contributed by atoms with van der Waals surface area (Å²) in [6.45, 7) is 1.90. The normalized spacial score (nSPS) is 12.1. The van der Waals surface area contributed by atoms with Crippen LogP contribution in [0.4, 0.5) is 0 Å². The molecule has 0 aromatic carbocycles. The Bertz CT molecular complexity index is 314. The van der Waals surface area contributed by atoms with Crippen molar-refractivity contribution in [1.82, 2.24) is 4.98 Å². The number of aromatic nitrogens is 1. The smallest absolute Gasteiger partial charge is 0.0800 e. The fourth-order valence-electron chi connectivity index (χ4n) is 1.16. The van der Waals surface area contributed by atoms with Crippen molar-refractivity contribution in [2.75, 3.05) is 0 Å². The quantitative estimate of drug-likeness (QED) is 0.711. The van der Waals surface area contributed by atoms with E-state index in [0.29, 0.717) is 12.8 Å². The fraction of sp³-hybridized carbons (Fsp3) is 0.364. The summed E-state index contributed by atoms with van der Waals surface area (Å²) in [4.78, 5) is 4.05. The van der Waals surface area contributed by atoms with E-state index in [2.05, 4.69) is 10.9 Å². The molecule has 2 heteroatoms. The summed E-state index contributed by atoms with van der Waals surface area (Å²) in [5.74, 6) is 2.51. The van der Waals surface area contributed by atoms with Gasteiger partial charge in [0.15, 0.2) is 0 Å². The van der Waals surface area contributed by atoms with Crippen LogP contribution in [0.2, 0.25) is 0 Å². The summed E-state index contributed by atoms with van der Waals surface area (Å²) in [6.07, 6.45) is 7.56. The number of hydrogen-bond donors (Lipinski definition) is 1. The minimum atomic E-state index is -0.460. The minimum Gasteiger partial charge on any atom is -0.388 e. The van der Waals surface area contributed by atoms with Crippen LogP contribution in [0, 0.1) is 19.3 Å². The van der Waals surface area contributed by atoms with Crippen LogP contribution in [0.25, 0.3) is 0 Å². The average Bonchev–Trinajstić information content (AvgIpc) is 2.14. The van der Waals surface area contributed by atoms with Gasteiger partial charge in [-0.05, 0) is 31.0 Å². The summed E-state index contributed by atoms with van der Waals surface area (Å²) in [5.41, 5.74) is 1.81. The van der Waals surface area contributed by atoms with Crippen molar-refractivity contribution in [3.8, 4) is 12.3 Å². The molecule has 0 spiro atoms. The van der Waals surface area contributed by atoms with Gasteiger partial charge in [-0.15, -0.1) is 12.3 Å². The second kappa shape index (κ2) is 4.64. The van der Waals surface area contributed by atoms with Crippen LogP contribution < -0.4 is 0 Å². The molecular weight excluding hydrogens is 162 g/mol. The third kappa shape index (κ3) is 2.89. The molecule has 0 fully saturated rings. The third-order valence-corrected chi connectivity index (χ3v) is 1.87. The lowest BCUT2D eigenvalue weighted by Gasteiger charge is -2.08. The first kappa shape index (κ1) is 9.76. The Morgan fingerprint density at radius 3 is 3.08 bits per heavy atom. The first-order chi connectivity index (χ1) is 6.24. The molecule has 1 atom stereocenters. The van der Waals surface area contributed by atoms with Gasteiger partial charge in [0.1, 0.15) is 0 Å². The molecular formula is C11H13NO. The van der Waals surface area contributed by atoms with Crippen LogP contribution in [0.3, 0.4) is 0 Å². The molecule has 1 aromatic rings. The first-order valence-electron chi connectivity index (χ1n) is 4.28. The zero-order chi connectivity index (χ0) is 9.68. The van der Waals surface area contributed by atoms with Gasteiger partial charge in [-0.1, -0.05) is 0 Å². The molecule has 0 saturated heterocycles. The summed E-state index contributed by atoms with van der Waals surface area (Å²) >= 11 is 0. The highest BCUT2D eigenvalue weighted by Crippen LogP contribution is 2.17. The van der Waals surface area contributed by atoms with Gasteiger partial charge in [-0.25, -0.2) is 0 Å². The molecule has 1 heterocycles. The van der Waals surface area contributed by atoms with E-state index in [-0.39, 0.29) is 0 Å². The first-order valence-corrected chi connectivity index (χ1v) is 4.28. The minimum absolute atomic E-state index is 0.460. The maximum Gasteiger partial charge on any atom is 0.0800 e. The molecule has 0 radical (unpaired) electrons. The Labute approximate surface area is 78.6 Å². The SMILES string of the molecule is C#CCCC(O)c1ccnc(C)c1. The lowest BCUT2D eigenvalue weighted by Crippen LogP contribution is -1.97. The molecule has 1 N–H and O–H groups in total. The van der Waals surface area contributed by atoms with Gasteiger partial charge >= 0.3 is 0 Å². The van der Waals surface area contributed by atoms with Gasteiger partial charge in [0.05, 0.1) is 6.10 Å². The predicted octanol–water partition coefficient (Wildman–Crippen LogP) is 1.84. The number of aryl methyl sites for hydroxylation is 1. The monoisotopic (exact) mass is 175 g/mol. The van der Waals surface area contributed by atoms with Crippen LogP contribution >= 0.6 is 0 Å². The molecule has 13 heavy (non-hydrogen) atoms. The van der Waals surface area contributed by atoms with Crippen LogP contribution in [0.15, 0.2) is 18.3 Å². The third-order valence-electron chi connectivity index (χ3n) is 1.87. The van der Waals surface area contributed by atoms with Gasteiger partial charge in [0.2, 0.25) is 0 Å².